The fourth-order valence-corrected chi connectivity index (χ4v) is 4.48. The van der Waals surface area contributed by atoms with Gasteiger partial charge >= 0.3 is 6.61 Å². The molecule has 0 aromatic heterocycles. The topological polar surface area (TPSA) is 61.9 Å². The lowest BCUT2D eigenvalue weighted by Crippen LogP contribution is -2.43. The SMILES string of the molecule is CCN1CCc2ccc(NC(=O)C3CCCN(C(=O)c4ccccc4OC(F)F)C3)cc21. The first-order valence-corrected chi connectivity index (χ1v) is 11.0. The van der Waals surface area contributed by atoms with Gasteiger partial charge in [-0.15, -0.1) is 0 Å². The number of benzene rings is 2. The van der Waals surface area contributed by atoms with Crippen molar-refractivity contribution in [1.29, 1.82) is 0 Å². The average Bonchev–Trinajstić information content (AvgIpc) is 3.21. The van der Waals surface area contributed by atoms with E-state index in [1.165, 1.54) is 23.8 Å². The third kappa shape index (κ3) is 4.69. The second kappa shape index (κ2) is 9.54. The summed E-state index contributed by atoms with van der Waals surface area (Å²) < 4.78 is 29.9. The quantitative estimate of drug-likeness (QED) is 0.728. The molecule has 2 amide bonds. The van der Waals surface area contributed by atoms with Crippen molar-refractivity contribution in [2.75, 3.05) is 36.4 Å². The van der Waals surface area contributed by atoms with Crippen molar-refractivity contribution < 1.29 is 23.1 Å². The normalized spacial score (nSPS) is 17.9. The number of hydrogen-bond acceptors (Lipinski definition) is 4. The van der Waals surface area contributed by atoms with E-state index in [1.807, 2.05) is 12.1 Å². The number of likely N-dealkylation sites (N-methyl/N-ethyl adjacent to an activating group) is 1. The number of anilines is 2. The molecule has 4 rings (SSSR count). The van der Waals surface area contributed by atoms with E-state index in [2.05, 4.69) is 27.9 Å². The maximum absolute atomic E-state index is 13.0. The van der Waals surface area contributed by atoms with Crippen molar-refractivity contribution in [3.05, 3.63) is 53.6 Å². The van der Waals surface area contributed by atoms with Gasteiger partial charge in [0.2, 0.25) is 5.91 Å². The van der Waals surface area contributed by atoms with Crippen molar-refractivity contribution in [2.45, 2.75) is 32.8 Å². The molecule has 0 bridgehead atoms. The molecule has 1 N–H and O–H groups in total. The number of ether oxygens (including phenoxy) is 1. The number of amides is 2. The van der Waals surface area contributed by atoms with E-state index < -0.39 is 12.5 Å². The van der Waals surface area contributed by atoms with Gasteiger partial charge in [0.05, 0.1) is 11.5 Å². The molecule has 0 radical (unpaired) electrons. The van der Waals surface area contributed by atoms with E-state index in [9.17, 15) is 18.4 Å². The van der Waals surface area contributed by atoms with Crippen LogP contribution in [-0.2, 0) is 11.2 Å². The van der Waals surface area contributed by atoms with E-state index in [0.717, 1.165) is 30.9 Å². The van der Waals surface area contributed by atoms with Crippen molar-refractivity contribution in [3.63, 3.8) is 0 Å². The van der Waals surface area contributed by atoms with Gasteiger partial charge in [0.25, 0.3) is 5.91 Å². The summed E-state index contributed by atoms with van der Waals surface area (Å²) >= 11 is 0. The van der Waals surface area contributed by atoms with Crippen LogP contribution >= 0.6 is 0 Å². The smallest absolute Gasteiger partial charge is 0.387 e. The van der Waals surface area contributed by atoms with Crippen LogP contribution in [0.4, 0.5) is 20.2 Å². The number of para-hydroxylation sites is 1. The van der Waals surface area contributed by atoms with Crippen molar-refractivity contribution >= 4 is 23.2 Å². The maximum Gasteiger partial charge on any atom is 0.387 e. The number of alkyl halides is 2. The molecule has 6 nitrogen and oxygen atoms in total. The van der Waals surface area contributed by atoms with Gasteiger partial charge in [-0.3, -0.25) is 9.59 Å². The number of halogens is 2. The first kappa shape index (κ1) is 22.0. The van der Waals surface area contributed by atoms with Crippen molar-refractivity contribution in [3.8, 4) is 5.75 Å². The molecule has 8 heteroatoms. The first-order valence-electron chi connectivity index (χ1n) is 11.0. The van der Waals surface area contributed by atoms with Crippen LogP contribution in [0, 0.1) is 5.92 Å². The Kier molecular flexibility index (Phi) is 6.58. The molecule has 32 heavy (non-hydrogen) atoms. The number of nitrogens with zero attached hydrogens (tertiary/aromatic N) is 2. The number of hydrogen-bond donors (Lipinski definition) is 1. The summed E-state index contributed by atoms with van der Waals surface area (Å²) in [5.41, 5.74) is 3.26. The summed E-state index contributed by atoms with van der Waals surface area (Å²) in [6.07, 6.45) is 2.33. The Morgan fingerprint density at radius 2 is 2.00 bits per heavy atom. The Labute approximate surface area is 186 Å². The fraction of sp³-hybridized carbons (Fsp3) is 0.417. The van der Waals surface area contributed by atoms with Gasteiger partial charge < -0.3 is 19.9 Å². The van der Waals surface area contributed by atoms with E-state index in [1.54, 1.807) is 11.0 Å². The summed E-state index contributed by atoms with van der Waals surface area (Å²) in [7, 11) is 0. The van der Waals surface area contributed by atoms with E-state index in [-0.39, 0.29) is 29.7 Å². The Morgan fingerprint density at radius 3 is 2.78 bits per heavy atom. The van der Waals surface area contributed by atoms with Crippen LogP contribution in [0.15, 0.2) is 42.5 Å². The van der Waals surface area contributed by atoms with Gasteiger partial charge in [0.15, 0.2) is 0 Å². The van der Waals surface area contributed by atoms with Crippen LogP contribution in [-0.4, -0.2) is 49.5 Å². The molecule has 1 fully saturated rings. The number of rotatable bonds is 6. The largest absolute Gasteiger partial charge is 0.434 e. The highest BCUT2D eigenvalue weighted by molar-refractivity contribution is 5.98. The number of nitrogens with one attached hydrogen (secondary N) is 1. The highest BCUT2D eigenvalue weighted by atomic mass is 19.3. The van der Waals surface area contributed by atoms with E-state index >= 15 is 0 Å². The minimum absolute atomic E-state index is 0.0761. The van der Waals surface area contributed by atoms with Gasteiger partial charge in [-0.2, -0.15) is 8.78 Å². The van der Waals surface area contributed by atoms with Crippen LogP contribution in [0.1, 0.15) is 35.7 Å². The zero-order chi connectivity index (χ0) is 22.7. The predicted molar refractivity (Wildman–Crippen MR) is 118 cm³/mol. The summed E-state index contributed by atoms with van der Waals surface area (Å²) in [5.74, 6) is -1.07. The monoisotopic (exact) mass is 443 g/mol. The summed E-state index contributed by atoms with van der Waals surface area (Å²) in [5, 5.41) is 3.00. The summed E-state index contributed by atoms with van der Waals surface area (Å²) in [6, 6.07) is 11.9. The number of carbonyl (C=O) groups excluding carboxylic acids is 2. The van der Waals surface area contributed by atoms with Gasteiger partial charge in [0, 0.05) is 37.6 Å². The van der Waals surface area contributed by atoms with E-state index in [0.29, 0.717) is 19.4 Å². The molecule has 2 aromatic carbocycles. The molecule has 2 aliphatic heterocycles. The van der Waals surface area contributed by atoms with Gasteiger partial charge in [-0.1, -0.05) is 18.2 Å². The summed E-state index contributed by atoms with van der Waals surface area (Å²) in [4.78, 5) is 29.8. The Morgan fingerprint density at radius 1 is 1.19 bits per heavy atom. The molecule has 1 atom stereocenters. The van der Waals surface area contributed by atoms with Crippen molar-refractivity contribution in [2.24, 2.45) is 5.92 Å². The third-order valence-electron chi connectivity index (χ3n) is 6.14. The fourth-order valence-electron chi connectivity index (χ4n) is 4.48. The predicted octanol–water partition coefficient (Wildman–Crippen LogP) is 4.16. The van der Waals surface area contributed by atoms with E-state index in [4.69, 9.17) is 0 Å². The third-order valence-corrected chi connectivity index (χ3v) is 6.14. The standard InChI is InChI=1S/C24H27F2N3O3/c1-2-28-13-11-16-9-10-18(14-20(16)28)27-22(30)17-6-5-12-29(15-17)23(31)19-7-3-4-8-21(19)32-24(25)26/h3-4,7-10,14,17,24H,2,5-6,11-13,15H2,1H3,(H,27,30). The summed E-state index contributed by atoms with van der Waals surface area (Å²) in [6.45, 7) is 1.70. The molecule has 1 unspecified atom stereocenters. The molecular formula is C24H27F2N3O3. The van der Waals surface area contributed by atoms with Crippen LogP contribution in [0.3, 0.4) is 0 Å². The Bertz CT molecular complexity index is 998. The lowest BCUT2D eigenvalue weighted by atomic mass is 9.96. The molecule has 2 heterocycles. The van der Waals surface area contributed by atoms with Gasteiger partial charge in [0.1, 0.15) is 5.75 Å². The highest BCUT2D eigenvalue weighted by Crippen LogP contribution is 2.31. The van der Waals surface area contributed by atoms with Crippen LogP contribution in [0.5, 0.6) is 5.75 Å². The number of fused-ring (bicyclic) bond motifs is 1. The Hall–Kier alpha value is -3.16. The lowest BCUT2D eigenvalue weighted by molar-refractivity contribution is -0.121. The second-order valence-corrected chi connectivity index (χ2v) is 8.13. The van der Waals surface area contributed by atoms with Crippen LogP contribution < -0.4 is 15.0 Å². The molecular weight excluding hydrogens is 416 g/mol. The molecule has 2 aliphatic rings. The highest BCUT2D eigenvalue weighted by Gasteiger charge is 2.30. The van der Waals surface area contributed by atoms with Crippen LogP contribution in [0.25, 0.3) is 0 Å². The number of piperidine rings is 1. The molecule has 0 spiro atoms. The second-order valence-electron chi connectivity index (χ2n) is 8.13. The van der Waals surface area contributed by atoms with Crippen molar-refractivity contribution in [1.82, 2.24) is 4.90 Å². The number of likely N-dealkylation sites (tertiary alicyclic amines) is 1. The molecule has 2 aromatic rings. The zero-order valence-corrected chi connectivity index (χ0v) is 18.0. The maximum atomic E-state index is 13.0. The molecule has 0 saturated carbocycles. The Balaban J connectivity index is 1.43. The van der Waals surface area contributed by atoms with Crippen LogP contribution in [0.2, 0.25) is 0 Å². The average molecular weight is 443 g/mol. The van der Waals surface area contributed by atoms with Gasteiger partial charge in [-0.25, -0.2) is 0 Å². The zero-order valence-electron chi connectivity index (χ0n) is 18.0. The molecule has 0 aliphatic carbocycles. The minimum atomic E-state index is -3.01. The number of carbonyl (C=O) groups is 2. The minimum Gasteiger partial charge on any atom is -0.434 e. The van der Waals surface area contributed by atoms with Gasteiger partial charge in [-0.05, 0) is 56.0 Å². The molecule has 1 saturated heterocycles. The lowest BCUT2D eigenvalue weighted by Gasteiger charge is -2.32. The molecule has 170 valence electrons. The first-order chi connectivity index (χ1) is 15.5.